The van der Waals surface area contributed by atoms with E-state index in [-0.39, 0.29) is 16.9 Å². The van der Waals surface area contributed by atoms with Crippen LogP contribution in [0.4, 0.5) is 0 Å². The third-order valence-electron chi connectivity index (χ3n) is 3.09. The lowest BCUT2D eigenvalue weighted by Gasteiger charge is -2.10. The van der Waals surface area contributed by atoms with Crippen molar-refractivity contribution in [2.45, 2.75) is 0 Å². The number of hydrogen-bond donors (Lipinski definition) is 1. The molecule has 25 heavy (non-hydrogen) atoms. The minimum Gasteiger partial charge on any atom is -0.490 e. The molecular weight excluding hydrogens is 460 g/mol. The van der Waals surface area contributed by atoms with Crippen LogP contribution in [0, 0.1) is 0 Å². The standard InChI is InChI=1S/C17H14Br2O6/c1-23-6-7-24-15-4-2-10(8-13(15)19)17(22)25-14-5-3-11(18)9-12(14)16(20)21/h2-5,8-9H,6-7H2,1H3,(H,20,21). The molecule has 0 heterocycles. The van der Waals surface area contributed by atoms with Crippen LogP contribution in [0.2, 0.25) is 0 Å². The first-order valence-electron chi connectivity index (χ1n) is 7.08. The van der Waals surface area contributed by atoms with Gasteiger partial charge in [0, 0.05) is 11.6 Å². The van der Waals surface area contributed by atoms with Crippen molar-refractivity contribution in [3.8, 4) is 11.5 Å². The van der Waals surface area contributed by atoms with Gasteiger partial charge in [-0.05, 0) is 52.3 Å². The Balaban J connectivity index is 2.16. The number of esters is 1. The second-order valence-electron chi connectivity index (χ2n) is 4.82. The van der Waals surface area contributed by atoms with Gasteiger partial charge in [0.2, 0.25) is 0 Å². The summed E-state index contributed by atoms with van der Waals surface area (Å²) in [7, 11) is 1.57. The highest BCUT2D eigenvalue weighted by molar-refractivity contribution is 9.10. The molecule has 0 atom stereocenters. The lowest BCUT2D eigenvalue weighted by molar-refractivity contribution is 0.0681. The molecule has 0 amide bonds. The molecule has 0 saturated carbocycles. The van der Waals surface area contributed by atoms with E-state index in [9.17, 15) is 14.7 Å². The van der Waals surface area contributed by atoms with Crippen LogP contribution in [0.25, 0.3) is 0 Å². The summed E-state index contributed by atoms with van der Waals surface area (Å²) >= 11 is 6.51. The average Bonchev–Trinajstić information content (AvgIpc) is 2.57. The molecule has 0 saturated heterocycles. The van der Waals surface area contributed by atoms with E-state index >= 15 is 0 Å². The first-order chi connectivity index (χ1) is 11.9. The van der Waals surface area contributed by atoms with Crippen molar-refractivity contribution in [1.82, 2.24) is 0 Å². The van der Waals surface area contributed by atoms with Crippen molar-refractivity contribution < 1.29 is 28.9 Å². The number of carboxylic acids is 1. The maximum Gasteiger partial charge on any atom is 0.343 e. The van der Waals surface area contributed by atoms with Crippen molar-refractivity contribution in [3.63, 3.8) is 0 Å². The molecule has 2 rings (SSSR count). The molecule has 0 aromatic heterocycles. The minimum atomic E-state index is -1.19. The SMILES string of the molecule is COCCOc1ccc(C(=O)Oc2ccc(Br)cc2C(=O)O)cc1Br. The molecule has 0 bridgehead atoms. The van der Waals surface area contributed by atoms with Crippen LogP contribution < -0.4 is 9.47 Å². The lowest BCUT2D eigenvalue weighted by Crippen LogP contribution is -2.12. The van der Waals surface area contributed by atoms with E-state index in [4.69, 9.17) is 14.2 Å². The topological polar surface area (TPSA) is 82.1 Å². The molecule has 6 nitrogen and oxygen atoms in total. The molecule has 0 spiro atoms. The zero-order chi connectivity index (χ0) is 18.4. The van der Waals surface area contributed by atoms with Crippen LogP contribution >= 0.6 is 31.9 Å². The highest BCUT2D eigenvalue weighted by atomic mass is 79.9. The van der Waals surface area contributed by atoms with Gasteiger partial charge in [0.15, 0.2) is 0 Å². The Hall–Kier alpha value is -1.90. The number of hydrogen-bond acceptors (Lipinski definition) is 5. The summed E-state index contributed by atoms with van der Waals surface area (Å²) in [5.74, 6) is -1.33. The smallest absolute Gasteiger partial charge is 0.343 e. The molecule has 0 radical (unpaired) electrons. The van der Waals surface area contributed by atoms with E-state index < -0.39 is 11.9 Å². The van der Waals surface area contributed by atoms with Gasteiger partial charge >= 0.3 is 11.9 Å². The third kappa shape index (κ3) is 5.29. The van der Waals surface area contributed by atoms with E-state index in [1.54, 1.807) is 25.3 Å². The number of halogens is 2. The van der Waals surface area contributed by atoms with Gasteiger partial charge in [0.05, 0.1) is 16.6 Å². The predicted molar refractivity (Wildman–Crippen MR) is 97.6 cm³/mol. The van der Waals surface area contributed by atoms with Crippen LogP contribution in [-0.2, 0) is 4.74 Å². The molecule has 2 aromatic rings. The molecule has 2 aromatic carbocycles. The Morgan fingerprint density at radius 1 is 1.04 bits per heavy atom. The minimum absolute atomic E-state index is 0.0303. The maximum absolute atomic E-state index is 12.3. The van der Waals surface area contributed by atoms with Crippen LogP contribution in [0.3, 0.4) is 0 Å². The average molecular weight is 474 g/mol. The molecule has 0 aliphatic carbocycles. The quantitative estimate of drug-likeness (QED) is 0.369. The van der Waals surface area contributed by atoms with Gasteiger partial charge in [-0.1, -0.05) is 15.9 Å². The van der Waals surface area contributed by atoms with Gasteiger partial charge in [0.1, 0.15) is 23.7 Å². The van der Waals surface area contributed by atoms with Gasteiger partial charge in [-0.2, -0.15) is 0 Å². The summed E-state index contributed by atoms with van der Waals surface area (Å²) in [6.45, 7) is 0.817. The van der Waals surface area contributed by atoms with E-state index in [0.29, 0.717) is 27.9 Å². The van der Waals surface area contributed by atoms with Crippen molar-refractivity contribution in [1.29, 1.82) is 0 Å². The summed E-state index contributed by atoms with van der Waals surface area (Å²) in [4.78, 5) is 23.6. The largest absolute Gasteiger partial charge is 0.490 e. The Morgan fingerprint density at radius 3 is 2.40 bits per heavy atom. The van der Waals surface area contributed by atoms with Gasteiger partial charge < -0.3 is 19.3 Å². The fourth-order valence-corrected chi connectivity index (χ4v) is 2.75. The normalized spacial score (nSPS) is 10.4. The number of rotatable bonds is 7. The summed E-state index contributed by atoms with van der Waals surface area (Å²) in [5, 5.41) is 9.21. The highest BCUT2D eigenvalue weighted by Crippen LogP contribution is 2.28. The lowest BCUT2D eigenvalue weighted by atomic mass is 10.2. The van der Waals surface area contributed by atoms with Crippen molar-refractivity contribution in [2.24, 2.45) is 0 Å². The van der Waals surface area contributed by atoms with Crippen LogP contribution in [0.15, 0.2) is 45.3 Å². The number of methoxy groups -OCH3 is 1. The third-order valence-corrected chi connectivity index (χ3v) is 4.20. The predicted octanol–water partition coefficient (Wildman–Crippen LogP) is 4.15. The fourth-order valence-electron chi connectivity index (χ4n) is 1.90. The van der Waals surface area contributed by atoms with E-state index in [0.717, 1.165) is 0 Å². The first-order valence-corrected chi connectivity index (χ1v) is 8.67. The van der Waals surface area contributed by atoms with E-state index in [1.165, 1.54) is 18.2 Å². The maximum atomic E-state index is 12.3. The first kappa shape index (κ1) is 19.4. The summed E-state index contributed by atoms with van der Waals surface area (Å²) in [6, 6.07) is 9.09. The Labute approximate surface area is 161 Å². The van der Waals surface area contributed by atoms with Crippen LogP contribution in [0.5, 0.6) is 11.5 Å². The number of ether oxygens (including phenoxy) is 3. The van der Waals surface area contributed by atoms with Crippen molar-refractivity contribution in [3.05, 3.63) is 56.5 Å². The van der Waals surface area contributed by atoms with Gasteiger partial charge in [-0.3, -0.25) is 0 Å². The molecule has 0 aliphatic rings. The second kappa shape index (κ2) is 8.98. The number of benzene rings is 2. The van der Waals surface area contributed by atoms with Gasteiger partial charge in [-0.15, -0.1) is 0 Å². The van der Waals surface area contributed by atoms with Gasteiger partial charge in [-0.25, -0.2) is 9.59 Å². The Kier molecular flexibility index (Phi) is 6.98. The van der Waals surface area contributed by atoms with E-state index in [1.807, 2.05) is 0 Å². The zero-order valence-electron chi connectivity index (χ0n) is 13.1. The monoisotopic (exact) mass is 472 g/mol. The van der Waals surface area contributed by atoms with Gasteiger partial charge in [0.25, 0.3) is 0 Å². The summed E-state index contributed by atoms with van der Waals surface area (Å²) in [6.07, 6.45) is 0. The highest BCUT2D eigenvalue weighted by Gasteiger charge is 2.17. The Morgan fingerprint density at radius 2 is 1.76 bits per heavy atom. The summed E-state index contributed by atoms with van der Waals surface area (Å²) < 4.78 is 16.8. The van der Waals surface area contributed by atoms with Crippen molar-refractivity contribution in [2.75, 3.05) is 20.3 Å². The molecule has 8 heteroatoms. The number of carbonyl (C=O) groups excluding carboxylic acids is 1. The van der Waals surface area contributed by atoms with Crippen LogP contribution in [0.1, 0.15) is 20.7 Å². The number of carboxylic acid groups (broad SMARTS) is 1. The van der Waals surface area contributed by atoms with Crippen molar-refractivity contribution >= 4 is 43.8 Å². The molecular formula is C17H14Br2O6. The molecule has 0 fully saturated rings. The fraction of sp³-hybridized carbons (Fsp3) is 0.176. The van der Waals surface area contributed by atoms with E-state index in [2.05, 4.69) is 31.9 Å². The zero-order valence-corrected chi connectivity index (χ0v) is 16.3. The molecule has 0 aliphatic heterocycles. The molecule has 1 N–H and O–H groups in total. The molecule has 132 valence electrons. The summed E-state index contributed by atoms with van der Waals surface area (Å²) in [5.41, 5.74) is 0.145. The number of aromatic carboxylic acids is 1. The number of carbonyl (C=O) groups is 2. The second-order valence-corrected chi connectivity index (χ2v) is 6.59. The Bertz CT molecular complexity index is 791. The van der Waals surface area contributed by atoms with Crippen LogP contribution in [-0.4, -0.2) is 37.4 Å². The molecule has 0 unspecified atom stereocenters.